The topological polar surface area (TPSA) is 58.7 Å². The second-order valence-corrected chi connectivity index (χ2v) is 5.70. The zero-order chi connectivity index (χ0) is 16.4. The van der Waals surface area contributed by atoms with Crippen molar-refractivity contribution >= 4 is 30.1 Å². The van der Waals surface area contributed by atoms with Gasteiger partial charge in [0.1, 0.15) is 6.17 Å². The fourth-order valence-corrected chi connectivity index (χ4v) is 2.91. The van der Waals surface area contributed by atoms with E-state index < -0.39 is 5.91 Å². The van der Waals surface area contributed by atoms with E-state index in [0.29, 0.717) is 17.0 Å². The Bertz CT molecular complexity index is 784. The smallest absolute Gasteiger partial charge is 0.253 e. The number of aliphatic imine (C=N–C) groups is 1. The summed E-state index contributed by atoms with van der Waals surface area (Å²) in [5.74, 6) is -0.516. The van der Waals surface area contributed by atoms with E-state index in [4.69, 9.17) is 5.73 Å². The molecule has 0 spiro atoms. The number of amides is 1. The van der Waals surface area contributed by atoms with Gasteiger partial charge in [0.25, 0.3) is 5.91 Å². The van der Waals surface area contributed by atoms with E-state index in [-0.39, 0.29) is 6.17 Å². The molecule has 2 N–H and O–H groups in total. The number of carbonyl (C=O) groups excluding carboxylic acids is 1. The van der Waals surface area contributed by atoms with Crippen molar-refractivity contribution in [2.45, 2.75) is 13.1 Å². The van der Waals surface area contributed by atoms with Crippen LogP contribution in [0.15, 0.2) is 71.2 Å². The van der Waals surface area contributed by atoms with Gasteiger partial charge in [0.2, 0.25) is 0 Å². The first kappa shape index (κ1) is 15.4. The molecule has 1 aliphatic heterocycles. The molecule has 1 unspecified atom stereocenters. The molecule has 23 heavy (non-hydrogen) atoms. The largest absolute Gasteiger partial charge is 0.365 e. The molecule has 0 saturated carbocycles. The highest BCUT2D eigenvalue weighted by Crippen LogP contribution is 2.33. The van der Waals surface area contributed by atoms with Crippen molar-refractivity contribution in [2.24, 2.45) is 10.7 Å². The summed E-state index contributed by atoms with van der Waals surface area (Å²) >= 11 is 4.53. The summed E-state index contributed by atoms with van der Waals surface area (Å²) in [6, 6.07) is 19.2. The Labute approximate surface area is 140 Å². The Kier molecular flexibility index (Phi) is 4.21. The summed E-state index contributed by atoms with van der Waals surface area (Å²) in [6.45, 7) is 1.93. The number of nitrogens with zero attached hydrogens (tertiary/aromatic N) is 2. The van der Waals surface area contributed by atoms with Gasteiger partial charge in [-0.05, 0) is 12.5 Å². The number of rotatable bonds is 3. The van der Waals surface area contributed by atoms with Gasteiger partial charge < -0.3 is 5.73 Å². The van der Waals surface area contributed by atoms with Gasteiger partial charge in [-0.15, -0.1) is 0 Å². The van der Waals surface area contributed by atoms with Gasteiger partial charge in [-0.25, -0.2) is 0 Å². The van der Waals surface area contributed by atoms with Crippen molar-refractivity contribution in [2.75, 3.05) is 0 Å². The molecular formula is C18H17N3OS. The lowest BCUT2D eigenvalue weighted by Crippen LogP contribution is -2.35. The van der Waals surface area contributed by atoms with Gasteiger partial charge in [-0.3, -0.25) is 14.1 Å². The minimum absolute atomic E-state index is 0.216. The Morgan fingerprint density at radius 3 is 2.09 bits per heavy atom. The summed E-state index contributed by atoms with van der Waals surface area (Å²) in [5.41, 5.74) is 9.11. The van der Waals surface area contributed by atoms with Gasteiger partial charge >= 0.3 is 0 Å². The maximum atomic E-state index is 12.2. The van der Waals surface area contributed by atoms with E-state index in [2.05, 4.69) is 17.8 Å². The molecule has 2 aromatic carbocycles. The molecule has 0 saturated heterocycles. The van der Waals surface area contributed by atoms with Gasteiger partial charge in [0.05, 0.1) is 17.0 Å². The maximum absolute atomic E-state index is 12.2. The van der Waals surface area contributed by atoms with Crippen LogP contribution in [-0.4, -0.2) is 22.1 Å². The Hall–Kier alpha value is -2.53. The SMILES string of the molecule is CC1N=C(c2ccccc2)C(C(N)=O)=C(c2ccccc2)N1S. The highest BCUT2D eigenvalue weighted by molar-refractivity contribution is 7.78. The second kappa shape index (κ2) is 6.30. The third kappa shape index (κ3) is 2.87. The van der Waals surface area contributed by atoms with E-state index in [1.165, 1.54) is 0 Å². The Morgan fingerprint density at radius 1 is 1.04 bits per heavy atom. The summed E-state index contributed by atoms with van der Waals surface area (Å²) < 4.78 is 1.68. The van der Waals surface area contributed by atoms with E-state index in [1.807, 2.05) is 67.6 Å². The average molecular weight is 323 g/mol. The zero-order valence-electron chi connectivity index (χ0n) is 12.7. The van der Waals surface area contributed by atoms with Gasteiger partial charge in [-0.2, -0.15) is 0 Å². The fourth-order valence-electron chi connectivity index (χ4n) is 2.64. The lowest BCUT2D eigenvalue weighted by atomic mass is 9.95. The number of hydrogen-bond acceptors (Lipinski definition) is 4. The number of thiol groups is 1. The Balaban J connectivity index is 2.26. The van der Waals surface area contributed by atoms with Gasteiger partial charge in [0, 0.05) is 5.56 Å². The van der Waals surface area contributed by atoms with Crippen molar-refractivity contribution < 1.29 is 4.79 Å². The minimum Gasteiger partial charge on any atom is -0.365 e. The van der Waals surface area contributed by atoms with Crippen molar-refractivity contribution in [3.05, 3.63) is 77.4 Å². The summed E-state index contributed by atoms with van der Waals surface area (Å²) in [6.07, 6.45) is -0.216. The minimum atomic E-state index is -0.516. The molecule has 0 aromatic heterocycles. The second-order valence-electron chi connectivity index (χ2n) is 5.27. The molecule has 2 aromatic rings. The fraction of sp³-hybridized carbons (Fsp3) is 0.111. The van der Waals surface area contributed by atoms with Crippen LogP contribution in [0, 0.1) is 0 Å². The molecular weight excluding hydrogens is 306 g/mol. The van der Waals surface area contributed by atoms with Crippen LogP contribution in [0.1, 0.15) is 18.1 Å². The van der Waals surface area contributed by atoms with E-state index >= 15 is 0 Å². The normalized spacial score (nSPS) is 17.9. The number of primary amides is 1. The van der Waals surface area contributed by atoms with Crippen molar-refractivity contribution in [3.63, 3.8) is 0 Å². The van der Waals surface area contributed by atoms with Crippen LogP contribution in [0.25, 0.3) is 5.70 Å². The molecule has 1 amide bonds. The van der Waals surface area contributed by atoms with E-state index in [9.17, 15) is 4.79 Å². The van der Waals surface area contributed by atoms with Crippen LogP contribution < -0.4 is 5.73 Å². The first-order valence-corrected chi connectivity index (χ1v) is 7.71. The summed E-state index contributed by atoms with van der Waals surface area (Å²) in [7, 11) is 0. The van der Waals surface area contributed by atoms with Crippen LogP contribution in [0.2, 0.25) is 0 Å². The summed E-state index contributed by atoms with van der Waals surface area (Å²) in [4.78, 5) is 16.8. The Morgan fingerprint density at radius 2 is 1.57 bits per heavy atom. The molecule has 1 heterocycles. The predicted octanol–water partition coefficient (Wildman–Crippen LogP) is 2.88. The molecule has 1 atom stereocenters. The van der Waals surface area contributed by atoms with Gasteiger partial charge in [-0.1, -0.05) is 73.5 Å². The summed E-state index contributed by atoms with van der Waals surface area (Å²) in [5, 5.41) is 0. The van der Waals surface area contributed by atoms with Crippen LogP contribution in [-0.2, 0) is 4.79 Å². The number of benzene rings is 2. The van der Waals surface area contributed by atoms with Crippen molar-refractivity contribution in [1.82, 2.24) is 4.31 Å². The van der Waals surface area contributed by atoms with Crippen LogP contribution in [0.5, 0.6) is 0 Å². The molecule has 0 aliphatic carbocycles. The molecule has 116 valence electrons. The number of nitrogens with two attached hydrogens (primary N) is 1. The first-order valence-electron chi connectivity index (χ1n) is 7.31. The molecule has 0 fully saturated rings. The van der Waals surface area contributed by atoms with Crippen molar-refractivity contribution in [3.8, 4) is 0 Å². The van der Waals surface area contributed by atoms with Gasteiger partial charge in [0.15, 0.2) is 0 Å². The molecule has 1 aliphatic rings. The van der Waals surface area contributed by atoms with Crippen LogP contribution in [0.3, 0.4) is 0 Å². The highest BCUT2D eigenvalue weighted by atomic mass is 32.1. The van der Waals surface area contributed by atoms with E-state index in [1.54, 1.807) is 4.31 Å². The third-order valence-corrected chi connectivity index (χ3v) is 4.25. The molecule has 4 nitrogen and oxygen atoms in total. The quantitative estimate of drug-likeness (QED) is 0.853. The predicted molar refractivity (Wildman–Crippen MR) is 95.8 cm³/mol. The van der Waals surface area contributed by atoms with Crippen LogP contribution >= 0.6 is 12.8 Å². The monoisotopic (exact) mass is 323 g/mol. The number of hydrogen-bond donors (Lipinski definition) is 2. The first-order chi connectivity index (χ1) is 11.1. The standard InChI is InChI=1S/C18H17N3OS/c1-12-20-16(13-8-4-2-5-9-13)15(18(19)22)17(21(12)23)14-10-6-3-7-11-14/h2-12,23H,1H3,(H2,19,22). The molecule has 0 radical (unpaired) electrons. The van der Waals surface area contributed by atoms with E-state index in [0.717, 1.165) is 11.1 Å². The average Bonchev–Trinajstić information content (AvgIpc) is 2.58. The lowest BCUT2D eigenvalue weighted by molar-refractivity contribution is -0.114. The molecule has 0 bridgehead atoms. The lowest BCUT2D eigenvalue weighted by Gasteiger charge is -2.32. The molecule has 3 rings (SSSR count). The maximum Gasteiger partial charge on any atom is 0.253 e. The third-order valence-electron chi connectivity index (χ3n) is 3.71. The van der Waals surface area contributed by atoms with Crippen LogP contribution in [0.4, 0.5) is 0 Å². The zero-order valence-corrected chi connectivity index (χ0v) is 13.6. The molecule has 5 heteroatoms. The van der Waals surface area contributed by atoms with Crippen molar-refractivity contribution in [1.29, 1.82) is 0 Å². The number of carbonyl (C=O) groups is 1. The highest BCUT2D eigenvalue weighted by Gasteiger charge is 2.30.